The molecule has 1 unspecified atom stereocenters. The first-order valence-corrected chi connectivity index (χ1v) is 6.78. The van der Waals surface area contributed by atoms with Crippen molar-refractivity contribution in [3.05, 3.63) is 35.0 Å². The zero-order chi connectivity index (χ0) is 11.4. The number of nitrogens with two attached hydrogens (primary N) is 1. The molecule has 2 N–H and O–H groups in total. The van der Waals surface area contributed by atoms with Crippen LogP contribution < -0.4 is 5.32 Å². The Kier molecular flexibility index (Phi) is 1.92. The van der Waals surface area contributed by atoms with Crippen molar-refractivity contribution in [2.24, 2.45) is 0 Å². The lowest BCUT2D eigenvalue weighted by atomic mass is 9.86. The molecule has 0 radical (unpaired) electrons. The van der Waals surface area contributed by atoms with E-state index in [9.17, 15) is 0 Å². The Morgan fingerprint density at radius 2 is 2.29 bits per heavy atom. The Balaban J connectivity index is 2.11. The van der Waals surface area contributed by atoms with E-state index in [1.54, 1.807) is 11.3 Å². The van der Waals surface area contributed by atoms with Crippen LogP contribution in [0.15, 0.2) is 18.2 Å². The van der Waals surface area contributed by atoms with Crippen molar-refractivity contribution in [1.29, 1.82) is 0 Å². The number of nitrogens with zero attached hydrogens (tertiary/aromatic N) is 1. The third kappa shape index (κ3) is 1.25. The Morgan fingerprint density at radius 3 is 3.24 bits per heavy atom. The van der Waals surface area contributed by atoms with E-state index >= 15 is 0 Å². The molecular formula is C15H19N2+. The van der Waals surface area contributed by atoms with Crippen molar-refractivity contribution in [2.75, 3.05) is 6.54 Å². The van der Waals surface area contributed by atoms with Crippen LogP contribution in [0, 0.1) is 6.92 Å². The van der Waals surface area contributed by atoms with Crippen molar-refractivity contribution >= 4 is 10.9 Å². The molecule has 17 heavy (non-hydrogen) atoms. The first kappa shape index (κ1) is 9.72. The fraction of sp³-hybridized carbons (Fsp3) is 0.467. The van der Waals surface area contributed by atoms with Crippen molar-refractivity contribution in [1.82, 2.24) is 4.57 Å². The molecule has 0 saturated carbocycles. The fourth-order valence-electron chi connectivity index (χ4n) is 3.78. The molecule has 2 aliphatic rings. The average molecular weight is 227 g/mol. The molecule has 1 atom stereocenters. The number of aromatic nitrogens is 1. The van der Waals surface area contributed by atoms with Gasteiger partial charge in [0.05, 0.1) is 12.1 Å². The summed E-state index contributed by atoms with van der Waals surface area (Å²) < 4.78 is 2.57. The summed E-state index contributed by atoms with van der Waals surface area (Å²) in [4.78, 5) is 0. The van der Waals surface area contributed by atoms with Gasteiger partial charge in [-0.05, 0) is 43.9 Å². The third-order valence-electron chi connectivity index (χ3n) is 4.50. The molecule has 0 amide bonds. The molecule has 0 spiro atoms. The quantitative estimate of drug-likeness (QED) is 0.710. The highest BCUT2D eigenvalue weighted by Gasteiger charge is 2.31. The number of benzene rings is 1. The number of fused-ring (bicyclic) bond motifs is 3. The summed E-state index contributed by atoms with van der Waals surface area (Å²) in [5.41, 5.74) is 6.18. The predicted octanol–water partition coefficient (Wildman–Crippen LogP) is 1.90. The minimum atomic E-state index is 0.806. The van der Waals surface area contributed by atoms with Crippen molar-refractivity contribution in [3.8, 4) is 0 Å². The smallest absolute Gasteiger partial charge is 0.155 e. The minimum Gasteiger partial charge on any atom is -0.328 e. The Hall–Kier alpha value is -1.28. The Labute approximate surface area is 102 Å². The normalized spacial score (nSPS) is 22.8. The van der Waals surface area contributed by atoms with E-state index in [4.69, 9.17) is 0 Å². The number of aryl methyl sites for hydroxylation is 2. The number of quaternary nitrogens is 1. The molecule has 4 rings (SSSR count). The van der Waals surface area contributed by atoms with Gasteiger partial charge in [0.25, 0.3) is 0 Å². The molecule has 1 aliphatic heterocycles. The van der Waals surface area contributed by atoms with Crippen LogP contribution in [-0.2, 0) is 13.1 Å². The maximum Gasteiger partial charge on any atom is 0.155 e. The van der Waals surface area contributed by atoms with Crippen molar-refractivity contribution < 1.29 is 5.32 Å². The highest BCUT2D eigenvalue weighted by molar-refractivity contribution is 5.86. The Bertz CT molecular complexity index is 592. The fourth-order valence-corrected chi connectivity index (χ4v) is 3.78. The molecule has 88 valence electrons. The lowest BCUT2D eigenvalue weighted by molar-refractivity contribution is -0.691. The topological polar surface area (TPSA) is 21.5 Å². The number of hydrogen-bond acceptors (Lipinski definition) is 0. The number of hydrogen-bond donors (Lipinski definition) is 1. The van der Waals surface area contributed by atoms with Crippen molar-refractivity contribution in [3.63, 3.8) is 0 Å². The summed E-state index contributed by atoms with van der Waals surface area (Å²) in [6, 6.07) is 6.96. The molecule has 2 heteroatoms. The highest BCUT2D eigenvalue weighted by Crippen LogP contribution is 2.38. The SMILES string of the molecule is Cc1ccc2c(c1)c1c3n2C[NH2+]CC3CCC1. The molecular weight excluding hydrogens is 208 g/mol. The second kappa shape index (κ2) is 3.36. The summed E-state index contributed by atoms with van der Waals surface area (Å²) >= 11 is 0. The molecule has 1 aliphatic carbocycles. The van der Waals surface area contributed by atoms with Gasteiger partial charge in [-0.2, -0.15) is 0 Å². The molecule has 0 bridgehead atoms. The lowest BCUT2D eigenvalue weighted by Crippen LogP contribution is -2.86. The van der Waals surface area contributed by atoms with Crippen LogP contribution in [0.25, 0.3) is 10.9 Å². The van der Waals surface area contributed by atoms with Crippen LogP contribution in [0.5, 0.6) is 0 Å². The van der Waals surface area contributed by atoms with E-state index in [2.05, 4.69) is 35.0 Å². The van der Waals surface area contributed by atoms with E-state index in [0.29, 0.717) is 0 Å². The second-order valence-corrected chi connectivity index (χ2v) is 5.61. The zero-order valence-electron chi connectivity index (χ0n) is 10.4. The average Bonchev–Trinajstić information content (AvgIpc) is 2.67. The minimum absolute atomic E-state index is 0.806. The van der Waals surface area contributed by atoms with Crippen LogP contribution in [0.3, 0.4) is 0 Å². The number of rotatable bonds is 0. The van der Waals surface area contributed by atoms with Crippen LogP contribution in [0.4, 0.5) is 0 Å². The molecule has 1 aromatic heterocycles. The van der Waals surface area contributed by atoms with Crippen LogP contribution >= 0.6 is 0 Å². The summed E-state index contributed by atoms with van der Waals surface area (Å²) in [5.74, 6) is 0.806. The first-order chi connectivity index (χ1) is 8.34. The maximum absolute atomic E-state index is 2.57. The maximum atomic E-state index is 2.57. The van der Waals surface area contributed by atoms with E-state index in [1.165, 1.54) is 42.3 Å². The van der Waals surface area contributed by atoms with E-state index < -0.39 is 0 Å². The monoisotopic (exact) mass is 227 g/mol. The summed E-state index contributed by atoms with van der Waals surface area (Å²) in [5, 5.41) is 3.99. The van der Waals surface area contributed by atoms with Crippen LogP contribution in [0.1, 0.15) is 35.6 Å². The Morgan fingerprint density at radius 1 is 1.35 bits per heavy atom. The van der Waals surface area contributed by atoms with Crippen LogP contribution in [0.2, 0.25) is 0 Å². The van der Waals surface area contributed by atoms with Gasteiger partial charge in [0, 0.05) is 17.0 Å². The zero-order valence-corrected chi connectivity index (χ0v) is 10.4. The van der Waals surface area contributed by atoms with Crippen molar-refractivity contribution in [2.45, 2.75) is 38.8 Å². The molecule has 1 aromatic carbocycles. The summed E-state index contributed by atoms with van der Waals surface area (Å²) in [6.45, 7) is 4.61. The second-order valence-electron chi connectivity index (χ2n) is 5.61. The molecule has 2 aromatic rings. The van der Waals surface area contributed by atoms with Crippen LogP contribution in [-0.4, -0.2) is 11.1 Å². The van der Waals surface area contributed by atoms with Gasteiger partial charge >= 0.3 is 0 Å². The largest absolute Gasteiger partial charge is 0.328 e. The standard InChI is InChI=1S/C15H18N2/c1-10-5-6-14-13(7-10)12-4-2-3-11-8-16-9-17(14)15(11)12/h5-7,11,16H,2-4,8-9H2,1H3/p+1. The van der Waals surface area contributed by atoms with Gasteiger partial charge in [-0.15, -0.1) is 0 Å². The lowest BCUT2D eigenvalue weighted by Gasteiger charge is -2.28. The highest BCUT2D eigenvalue weighted by atomic mass is 15.2. The van der Waals surface area contributed by atoms with Gasteiger partial charge in [0.2, 0.25) is 0 Å². The van der Waals surface area contributed by atoms with Gasteiger partial charge in [0.15, 0.2) is 6.67 Å². The summed E-state index contributed by atoms with van der Waals surface area (Å²) in [7, 11) is 0. The van der Waals surface area contributed by atoms with E-state index in [0.717, 1.165) is 12.6 Å². The van der Waals surface area contributed by atoms with E-state index in [1.807, 2.05) is 0 Å². The van der Waals surface area contributed by atoms with Gasteiger partial charge in [-0.25, -0.2) is 0 Å². The van der Waals surface area contributed by atoms with E-state index in [-0.39, 0.29) is 0 Å². The predicted molar refractivity (Wildman–Crippen MR) is 69.1 cm³/mol. The molecule has 0 fully saturated rings. The van der Waals surface area contributed by atoms with Gasteiger partial charge in [-0.1, -0.05) is 11.6 Å². The summed E-state index contributed by atoms with van der Waals surface area (Å²) in [6.07, 6.45) is 4.05. The third-order valence-corrected chi connectivity index (χ3v) is 4.50. The molecule has 2 nitrogen and oxygen atoms in total. The van der Waals surface area contributed by atoms with Gasteiger partial charge in [-0.3, -0.25) is 4.57 Å². The van der Waals surface area contributed by atoms with Gasteiger partial charge < -0.3 is 5.32 Å². The molecule has 0 saturated heterocycles. The van der Waals surface area contributed by atoms with Gasteiger partial charge in [0.1, 0.15) is 0 Å². The first-order valence-electron chi connectivity index (χ1n) is 6.78. The molecule has 2 heterocycles.